The summed E-state index contributed by atoms with van der Waals surface area (Å²) in [5, 5.41) is 3.16. The number of methoxy groups -OCH3 is 1. The highest BCUT2D eigenvalue weighted by Gasteiger charge is 2.28. The number of ether oxygens (including phenoxy) is 1. The number of piperazine rings is 1. The van der Waals surface area contributed by atoms with E-state index < -0.39 is 0 Å². The van der Waals surface area contributed by atoms with Crippen LogP contribution in [0.1, 0.15) is 33.5 Å². The maximum atomic E-state index is 13.1. The van der Waals surface area contributed by atoms with Crippen molar-refractivity contribution in [2.24, 2.45) is 0 Å². The highest BCUT2D eigenvalue weighted by Crippen LogP contribution is 2.24. The van der Waals surface area contributed by atoms with Gasteiger partial charge in [-0.1, -0.05) is 42.5 Å². The minimum Gasteiger partial charge on any atom is -0.497 e. The number of benzene rings is 2. The lowest BCUT2D eigenvalue weighted by molar-refractivity contribution is 0.0632. The van der Waals surface area contributed by atoms with Crippen LogP contribution in [0.25, 0.3) is 0 Å². The van der Waals surface area contributed by atoms with Gasteiger partial charge in [0.05, 0.1) is 13.2 Å². The van der Waals surface area contributed by atoms with E-state index in [9.17, 15) is 9.59 Å². The summed E-state index contributed by atoms with van der Waals surface area (Å²) in [5.41, 5.74) is 1.96. The Morgan fingerprint density at radius 1 is 0.875 bits per heavy atom. The molecule has 0 bridgehead atoms. The third kappa shape index (κ3) is 4.77. The largest absolute Gasteiger partial charge is 0.497 e. The summed E-state index contributed by atoms with van der Waals surface area (Å²) in [6, 6.07) is 20.6. The van der Waals surface area contributed by atoms with Gasteiger partial charge in [0.15, 0.2) is 5.76 Å². The number of amides is 3. The van der Waals surface area contributed by atoms with Crippen LogP contribution in [0.4, 0.5) is 4.79 Å². The molecule has 2 heterocycles. The number of urea groups is 1. The van der Waals surface area contributed by atoms with Crippen LogP contribution in [0.5, 0.6) is 5.75 Å². The average molecular weight is 434 g/mol. The number of hydrogen-bond acceptors (Lipinski definition) is 4. The van der Waals surface area contributed by atoms with Gasteiger partial charge in [0.1, 0.15) is 11.5 Å². The quantitative estimate of drug-likeness (QED) is 0.663. The Morgan fingerprint density at radius 3 is 2.09 bits per heavy atom. The van der Waals surface area contributed by atoms with Crippen LogP contribution >= 0.6 is 0 Å². The van der Waals surface area contributed by atoms with Gasteiger partial charge in [0, 0.05) is 26.2 Å². The van der Waals surface area contributed by atoms with E-state index in [1.165, 1.54) is 0 Å². The minimum atomic E-state index is -0.291. The van der Waals surface area contributed by atoms with E-state index in [1.54, 1.807) is 29.0 Å². The second-order valence-electron chi connectivity index (χ2n) is 7.76. The number of carbonyl (C=O) groups excluding carboxylic acids is 2. The van der Waals surface area contributed by atoms with Crippen molar-refractivity contribution in [2.75, 3.05) is 33.3 Å². The van der Waals surface area contributed by atoms with Gasteiger partial charge in [-0.25, -0.2) is 4.79 Å². The van der Waals surface area contributed by atoms with Crippen molar-refractivity contribution in [3.8, 4) is 5.75 Å². The van der Waals surface area contributed by atoms with Gasteiger partial charge in [-0.05, 0) is 42.3 Å². The van der Waals surface area contributed by atoms with Crippen molar-refractivity contribution in [2.45, 2.75) is 13.0 Å². The standard InChI is InChI=1S/C25H27N3O4/c1-18-8-13-22(32-18)24(29)27-14-16-28(17-15-27)25(30)26-23(19-6-4-3-5-7-19)20-9-11-21(31-2)12-10-20/h3-13,23H,14-17H2,1-2H3,(H,26,30). The third-order valence-corrected chi connectivity index (χ3v) is 5.66. The molecule has 0 saturated carbocycles. The number of aryl methyl sites for hydroxylation is 1. The molecule has 1 fully saturated rings. The minimum absolute atomic E-state index is 0.140. The predicted octanol–water partition coefficient (Wildman–Crippen LogP) is 3.85. The molecule has 7 heteroatoms. The van der Waals surface area contributed by atoms with Gasteiger partial charge in [0.2, 0.25) is 0 Å². The van der Waals surface area contributed by atoms with Gasteiger partial charge in [0.25, 0.3) is 5.91 Å². The first-order chi connectivity index (χ1) is 15.5. The molecule has 1 atom stereocenters. The van der Waals surface area contributed by atoms with E-state index in [2.05, 4.69) is 5.32 Å². The lowest BCUT2D eigenvalue weighted by Gasteiger charge is -2.35. The molecule has 0 aliphatic carbocycles. The molecule has 1 aliphatic rings. The Kier molecular flexibility index (Phi) is 6.44. The third-order valence-electron chi connectivity index (χ3n) is 5.66. The molecule has 3 amide bonds. The molecule has 1 saturated heterocycles. The normalized spacial score (nSPS) is 14.7. The Morgan fingerprint density at radius 2 is 1.50 bits per heavy atom. The molecule has 1 N–H and O–H groups in total. The zero-order valence-electron chi connectivity index (χ0n) is 18.3. The van der Waals surface area contributed by atoms with Crippen molar-refractivity contribution < 1.29 is 18.7 Å². The van der Waals surface area contributed by atoms with Crippen molar-refractivity contribution in [3.63, 3.8) is 0 Å². The number of rotatable bonds is 5. The van der Waals surface area contributed by atoms with Crippen LogP contribution < -0.4 is 10.1 Å². The fraction of sp³-hybridized carbons (Fsp3) is 0.280. The second-order valence-corrected chi connectivity index (χ2v) is 7.76. The molecule has 32 heavy (non-hydrogen) atoms. The SMILES string of the molecule is COc1ccc(C(NC(=O)N2CCN(C(=O)c3ccc(C)o3)CC2)c2ccccc2)cc1. The number of furan rings is 1. The number of hydrogen-bond donors (Lipinski definition) is 1. The summed E-state index contributed by atoms with van der Waals surface area (Å²) >= 11 is 0. The summed E-state index contributed by atoms with van der Waals surface area (Å²) in [6.07, 6.45) is 0. The van der Waals surface area contributed by atoms with Crippen LogP contribution in [0.15, 0.2) is 71.1 Å². The molecule has 0 radical (unpaired) electrons. The summed E-state index contributed by atoms with van der Waals surface area (Å²) in [4.78, 5) is 29.2. The molecular weight excluding hydrogens is 406 g/mol. The smallest absolute Gasteiger partial charge is 0.318 e. The van der Waals surface area contributed by atoms with Gasteiger partial charge in [-0.2, -0.15) is 0 Å². The zero-order valence-corrected chi connectivity index (χ0v) is 18.3. The number of nitrogens with zero attached hydrogens (tertiary/aromatic N) is 2. The Labute approximate surface area is 187 Å². The molecule has 166 valence electrons. The van der Waals surface area contributed by atoms with Gasteiger partial charge >= 0.3 is 6.03 Å². The second kappa shape index (κ2) is 9.60. The van der Waals surface area contributed by atoms with E-state index >= 15 is 0 Å². The van der Waals surface area contributed by atoms with Gasteiger partial charge in [-0.3, -0.25) is 4.79 Å². The molecule has 0 spiro atoms. The summed E-state index contributed by atoms with van der Waals surface area (Å²) in [7, 11) is 1.63. The Bertz CT molecular complexity index is 1050. The van der Waals surface area contributed by atoms with E-state index in [4.69, 9.17) is 9.15 Å². The van der Waals surface area contributed by atoms with Crippen molar-refractivity contribution in [3.05, 3.63) is 89.4 Å². The first-order valence-corrected chi connectivity index (χ1v) is 10.6. The molecular formula is C25H27N3O4. The van der Waals surface area contributed by atoms with Gasteiger partial charge in [-0.15, -0.1) is 0 Å². The predicted molar refractivity (Wildman–Crippen MR) is 121 cm³/mol. The van der Waals surface area contributed by atoms with E-state index in [1.807, 2.05) is 61.5 Å². The molecule has 1 aromatic heterocycles. The average Bonchev–Trinajstić information content (AvgIpc) is 3.29. The maximum Gasteiger partial charge on any atom is 0.318 e. The zero-order chi connectivity index (χ0) is 22.5. The molecule has 1 unspecified atom stereocenters. The van der Waals surface area contributed by atoms with Gasteiger partial charge < -0.3 is 24.3 Å². The van der Waals surface area contributed by atoms with E-state index in [0.717, 1.165) is 16.9 Å². The summed E-state index contributed by atoms with van der Waals surface area (Å²) in [5.74, 6) is 1.67. The Balaban J connectivity index is 1.43. The molecule has 2 aromatic carbocycles. The van der Waals surface area contributed by atoms with Crippen LogP contribution in [0.3, 0.4) is 0 Å². The van der Waals surface area contributed by atoms with Crippen molar-refractivity contribution in [1.82, 2.24) is 15.1 Å². The summed E-state index contributed by atoms with van der Waals surface area (Å²) < 4.78 is 10.7. The molecule has 1 aliphatic heterocycles. The van der Waals surface area contributed by atoms with Crippen LogP contribution in [-0.4, -0.2) is 55.0 Å². The fourth-order valence-electron chi connectivity index (χ4n) is 3.83. The van der Waals surface area contributed by atoms with E-state index in [0.29, 0.717) is 37.7 Å². The van der Waals surface area contributed by atoms with Crippen molar-refractivity contribution in [1.29, 1.82) is 0 Å². The van der Waals surface area contributed by atoms with E-state index in [-0.39, 0.29) is 18.0 Å². The lowest BCUT2D eigenvalue weighted by atomic mass is 9.98. The molecule has 4 rings (SSSR count). The topological polar surface area (TPSA) is 75.0 Å². The highest BCUT2D eigenvalue weighted by molar-refractivity contribution is 5.91. The monoisotopic (exact) mass is 433 g/mol. The lowest BCUT2D eigenvalue weighted by Crippen LogP contribution is -2.53. The highest BCUT2D eigenvalue weighted by atomic mass is 16.5. The number of carbonyl (C=O) groups is 2. The maximum absolute atomic E-state index is 13.1. The number of nitrogens with one attached hydrogen (secondary N) is 1. The van der Waals surface area contributed by atoms with Crippen LogP contribution in [0.2, 0.25) is 0 Å². The van der Waals surface area contributed by atoms with Crippen LogP contribution in [-0.2, 0) is 0 Å². The summed E-state index contributed by atoms with van der Waals surface area (Å²) in [6.45, 7) is 3.66. The van der Waals surface area contributed by atoms with Crippen LogP contribution in [0, 0.1) is 6.92 Å². The first kappa shape index (κ1) is 21.5. The Hall–Kier alpha value is -3.74. The fourth-order valence-corrected chi connectivity index (χ4v) is 3.83. The first-order valence-electron chi connectivity index (χ1n) is 10.6. The molecule has 7 nitrogen and oxygen atoms in total. The van der Waals surface area contributed by atoms with Crippen molar-refractivity contribution >= 4 is 11.9 Å². The molecule has 3 aromatic rings.